The lowest BCUT2D eigenvalue weighted by Crippen LogP contribution is -2.31. The second kappa shape index (κ2) is 8.03. The van der Waals surface area contributed by atoms with E-state index >= 15 is 0 Å². The fourth-order valence-electron chi connectivity index (χ4n) is 4.39. The van der Waals surface area contributed by atoms with Gasteiger partial charge in [0, 0.05) is 34.9 Å². The highest BCUT2D eigenvalue weighted by Crippen LogP contribution is 2.43. The number of nitrogens with one attached hydrogen (secondary N) is 1. The van der Waals surface area contributed by atoms with Gasteiger partial charge in [-0.15, -0.1) is 5.10 Å². The summed E-state index contributed by atoms with van der Waals surface area (Å²) in [5.41, 5.74) is 3.27. The molecule has 0 saturated carbocycles. The highest BCUT2D eigenvalue weighted by Gasteiger charge is 2.38. The van der Waals surface area contributed by atoms with Gasteiger partial charge in [0.2, 0.25) is 5.95 Å². The molecule has 2 heterocycles. The number of ether oxygens (including phenoxy) is 3. The van der Waals surface area contributed by atoms with E-state index in [1.807, 2.05) is 36.4 Å². The van der Waals surface area contributed by atoms with Crippen molar-refractivity contribution in [2.75, 3.05) is 26.6 Å². The van der Waals surface area contributed by atoms with Crippen LogP contribution >= 0.6 is 0 Å². The van der Waals surface area contributed by atoms with Crippen molar-refractivity contribution >= 4 is 11.7 Å². The maximum atomic E-state index is 13.0. The molecule has 0 fully saturated rings. The van der Waals surface area contributed by atoms with Crippen LogP contribution in [-0.2, 0) is 4.79 Å². The Morgan fingerprint density at radius 1 is 1.00 bits per heavy atom. The van der Waals surface area contributed by atoms with Gasteiger partial charge in [-0.1, -0.05) is 18.2 Å². The highest BCUT2D eigenvalue weighted by molar-refractivity contribution is 5.99. The van der Waals surface area contributed by atoms with Crippen molar-refractivity contribution < 1.29 is 19.0 Å². The largest absolute Gasteiger partial charge is 0.497 e. The summed E-state index contributed by atoms with van der Waals surface area (Å²) in [5, 5.41) is 8.18. The topological polar surface area (TPSA) is 87.5 Å². The Morgan fingerprint density at radius 2 is 1.75 bits per heavy atom. The van der Waals surface area contributed by atoms with E-state index in [-0.39, 0.29) is 5.78 Å². The number of nitrogens with zero attached hydrogens (tertiary/aromatic N) is 3. The van der Waals surface area contributed by atoms with E-state index in [9.17, 15) is 4.79 Å². The Morgan fingerprint density at radius 3 is 2.47 bits per heavy atom. The average Bonchev–Trinajstić information content (AvgIpc) is 3.26. The number of methoxy groups -OCH3 is 3. The predicted octanol–water partition coefficient (Wildman–Crippen LogP) is 3.99. The fourth-order valence-corrected chi connectivity index (χ4v) is 4.39. The van der Waals surface area contributed by atoms with E-state index < -0.39 is 6.04 Å². The number of aromatic nitrogens is 3. The van der Waals surface area contributed by atoms with Crippen LogP contribution in [0, 0.1) is 0 Å². The smallest absolute Gasteiger partial charge is 0.226 e. The van der Waals surface area contributed by atoms with Crippen LogP contribution in [0.1, 0.15) is 30.9 Å². The van der Waals surface area contributed by atoms with Crippen molar-refractivity contribution in [1.82, 2.24) is 14.8 Å². The van der Waals surface area contributed by atoms with Crippen LogP contribution in [-0.4, -0.2) is 41.9 Å². The first kappa shape index (κ1) is 20.1. The van der Waals surface area contributed by atoms with Gasteiger partial charge in [-0.05, 0) is 31.0 Å². The summed E-state index contributed by atoms with van der Waals surface area (Å²) < 4.78 is 18.2. The minimum atomic E-state index is -0.418. The molecule has 164 valence electrons. The number of ketones is 1. The minimum absolute atomic E-state index is 0.125. The van der Waals surface area contributed by atoms with E-state index in [4.69, 9.17) is 24.3 Å². The number of carbonyl (C=O) groups is 1. The summed E-state index contributed by atoms with van der Waals surface area (Å²) in [6.07, 6.45) is 2.13. The first-order valence-electron chi connectivity index (χ1n) is 10.5. The molecule has 1 aromatic heterocycles. The second-order valence-corrected chi connectivity index (χ2v) is 7.74. The Kier molecular flexibility index (Phi) is 5.05. The van der Waals surface area contributed by atoms with E-state index in [1.165, 1.54) is 0 Å². The number of para-hydroxylation sites is 1. The zero-order valence-corrected chi connectivity index (χ0v) is 18.2. The molecule has 1 atom stereocenters. The van der Waals surface area contributed by atoms with Gasteiger partial charge in [0.15, 0.2) is 11.6 Å². The Balaban J connectivity index is 1.69. The lowest BCUT2D eigenvalue weighted by molar-refractivity contribution is -0.116. The van der Waals surface area contributed by atoms with Crippen LogP contribution in [0.4, 0.5) is 5.95 Å². The van der Waals surface area contributed by atoms with E-state index in [0.717, 1.165) is 35.2 Å². The van der Waals surface area contributed by atoms with Gasteiger partial charge in [-0.25, -0.2) is 4.68 Å². The van der Waals surface area contributed by atoms with Crippen LogP contribution in [0.15, 0.2) is 53.7 Å². The molecule has 0 bridgehead atoms. The number of Topliss-reactive ketones (excluding diaryl/α,β-unsaturated/α-hetero) is 1. The van der Waals surface area contributed by atoms with Gasteiger partial charge in [0.25, 0.3) is 0 Å². The monoisotopic (exact) mass is 432 g/mol. The van der Waals surface area contributed by atoms with Crippen LogP contribution < -0.4 is 19.5 Å². The lowest BCUT2D eigenvalue weighted by Gasteiger charge is -2.32. The number of hydrogen-bond acceptors (Lipinski definition) is 7. The number of allylic oxidation sites excluding steroid dienone is 2. The molecule has 8 heteroatoms. The van der Waals surface area contributed by atoms with Crippen LogP contribution in [0.25, 0.3) is 11.4 Å². The molecular weight excluding hydrogens is 408 g/mol. The summed E-state index contributed by atoms with van der Waals surface area (Å²) in [7, 11) is 4.84. The molecular formula is C24H24N4O4. The minimum Gasteiger partial charge on any atom is -0.497 e. The number of rotatable bonds is 5. The molecule has 32 heavy (non-hydrogen) atoms. The quantitative estimate of drug-likeness (QED) is 0.652. The molecule has 8 nitrogen and oxygen atoms in total. The van der Waals surface area contributed by atoms with Gasteiger partial charge >= 0.3 is 0 Å². The summed E-state index contributed by atoms with van der Waals surface area (Å²) >= 11 is 0. The van der Waals surface area contributed by atoms with E-state index in [0.29, 0.717) is 35.4 Å². The first-order chi connectivity index (χ1) is 15.6. The number of fused-ring (bicyclic) bond motifs is 1. The molecule has 2 aliphatic rings. The first-order valence-corrected chi connectivity index (χ1v) is 10.5. The molecule has 0 radical (unpaired) electrons. The molecule has 1 aliphatic carbocycles. The number of benzene rings is 2. The maximum absolute atomic E-state index is 13.0. The molecule has 1 aliphatic heterocycles. The standard InChI is InChI=1S/C24H24N4O4/c1-30-15-11-14(12-16(13-15)31-2)23-26-24-25-18-8-6-9-19(29)21(18)22(28(24)27-23)17-7-4-5-10-20(17)32-3/h4-5,7,10-13,22H,6,8-9H2,1-3H3,(H,25,26,27). The second-order valence-electron chi connectivity index (χ2n) is 7.74. The summed E-state index contributed by atoms with van der Waals surface area (Å²) in [6.45, 7) is 0. The van der Waals surface area contributed by atoms with Crippen molar-refractivity contribution in [3.8, 4) is 28.6 Å². The summed E-state index contributed by atoms with van der Waals surface area (Å²) in [5.74, 6) is 3.22. The zero-order valence-electron chi connectivity index (χ0n) is 18.2. The highest BCUT2D eigenvalue weighted by atomic mass is 16.5. The predicted molar refractivity (Wildman–Crippen MR) is 119 cm³/mol. The molecule has 3 aromatic rings. The summed E-state index contributed by atoms with van der Waals surface area (Å²) in [4.78, 5) is 17.8. The van der Waals surface area contributed by atoms with Crippen molar-refractivity contribution in [3.05, 3.63) is 59.3 Å². The van der Waals surface area contributed by atoms with E-state index in [1.54, 1.807) is 32.1 Å². The van der Waals surface area contributed by atoms with Gasteiger partial charge in [0.05, 0.1) is 21.3 Å². The van der Waals surface area contributed by atoms with Crippen molar-refractivity contribution in [3.63, 3.8) is 0 Å². The van der Waals surface area contributed by atoms with Crippen LogP contribution in [0.3, 0.4) is 0 Å². The van der Waals surface area contributed by atoms with E-state index in [2.05, 4.69) is 5.32 Å². The maximum Gasteiger partial charge on any atom is 0.226 e. The van der Waals surface area contributed by atoms with Crippen LogP contribution in [0.2, 0.25) is 0 Å². The molecule has 1 N–H and O–H groups in total. The normalized spacial score (nSPS) is 17.3. The third kappa shape index (κ3) is 3.28. The van der Waals surface area contributed by atoms with Gasteiger partial charge < -0.3 is 19.5 Å². The Labute approximate surface area is 185 Å². The Hall–Kier alpha value is -3.81. The Bertz CT molecular complexity index is 1210. The van der Waals surface area contributed by atoms with Crippen molar-refractivity contribution in [2.24, 2.45) is 0 Å². The molecule has 0 saturated heterocycles. The number of carbonyl (C=O) groups excluding carboxylic acids is 1. The number of anilines is 1. The summed E-state index contributed by atoms with van der Waals surface area (Å²) in [6, 6.07) is 12.8. The molecule has 1 unspecified atom stereocenters. The average molecular weight is 432 g/mol. The molecule has 0 amide bonds. The van der Waals surface area contributed by atoms with Gasteiger partial charge in [-0.3, -0.25) is 4.79 Å². The molecule has 5 rings (SSSR count). The van der Waals surface area contributed by atoms with Gasteiger partial charge in [0.1, 0.15) is 23.3 Å². The SMILES string of the molecule is COc1cc(OC)cc(-c2nc3n(n2)C(c2ccccc2OC)C2=C(CCCC2=O)N3)c1. The van der Waals surface area contributed by atoms with Crippen molar-refractivity contribution in [2.45, 2.75) is 25.3 Å². The zero-order chi connectivity index (χ0) is 22.2. The molecule has 0 spiro atoms. The lowest BCUT2D eigenvalue weighted by atomic mass is 9.85. The van der Waals surface area contributed by atoms with Gasteiger partial charge in [-0.2, -0.15) is 4.98 Å². The number of hydrogen-bond donors (Lipinski definition) is 1. The third-order valence-electron chi connectivity index (χ3n) is 5.91. The van der Waals surface area contributed by atoms with Crippen molar-refractivity contribution in [1.29, 1.82) is 0 Å². The fraction of sp³-hybridized carbons (Fsp3) is 0.292. The third-order valence-corrected chi connectivity index (χ3v) is 5.91. The van der Waals surface area contributed by atoms with Crippen LogP contribution in [0.5, 0.6) is 17.2 Å². The molecule has 2 aromatic carbocycles.